The average Bonchev–Trinajstić information content (AvgIpc) is 3.70. The molecule has 2 atom stereocenters. The first-order valence-corrected chi connectivity index (χ1v) is 12.2. The summed E-state index contributed by atoms with van der Waals surface area (Å²) in [4.78, 5) is 48.1. The van der Waals surface area contributed by atoms with Gasteiger partial charge in [-0.05, 0) is 32.8 Å². The van der Waals surface area contributed by atoms with Gasteiger partial charge in [-0.2, -0.15) is 14.7 Å². The number of ketones is 1. The summed E-state index contributed by atoms with van der Waals surface area (Å²) in [7, 11) is 0. The highest BCUT2D eigenvalue weighted by Crippen LogP contribution is 2.36. The number of anilines is 1. The van der Waals surface area contributed by atoms with Crippen LogP contribution in [0.25, 0.3) is 28.3 Å². The van der Waals surface area contributed by atoms with Crippen LogP contribution < -0.4 is 5.73 Å². The molecule has 1 saturated heterocycles. The van der Waals surface area contributed by atoms with Crippen LogP contribution >= 0.6 is 0 Å². The summed E-state index contributed by atoms with van der Waals surface area (Å²) in [6.45, 7) is 3.95. The Bertz CT molecular complexity index is 1620. The molecular weight excluding hydrogens is 486 g/mol. The average molecular weight is 512 g/mol. The van der Waals surface area contributed by atoms with E-state index in [4.69, 9.17) is 10.7 Å². The number of piperidine rings is 1. The van der Waals surface area contributed by atoms with Gasteiger partial charge in [-0.3, -0.25) is 19.7 Å². The summed E-state index contributed by atoms with van der Waals surface area (Å²) in [5, 5.41) is 10.8. The Hall–Kier alpha value is -4.94. The van der Waals surface area contributed by atoms with Crippen molar-refractivity contribution in [2.24, 2.45) is 0 Å². The highest BCUT2D eigenvalue weighted by atomic mass is 16.2. The van der Waals surface area contributed by atoms with Crippen molar-refractivity contribution < 1.29 is 9.59 Å². The number of imidazole rings is 1. The zero-order valence-corrected chi connectivity index (χ0v) is 20.8. The third-order valence-corrected chi connectivity index (χ3v) is 7.02. The van der Waals surface area contributed by atoms with Crippen molar-refractivity contribution in [3.8, 4) is 22.6 Å². The number of hydrogen-bond donors (Lipinski definition) is 3. The van der Waals surface area contributed by atoms with Gasteiger partial charge in [-0.1, -0.05) is 6.07 Å². The lowest BCUT2D eigenvalue weighted by Crippen LogP contribution is -2.44. The van der Waals surface area contributed by atoms with Gasteiger partial charge in [-0.15, -0.1) is 0 Å². The Balaban J connectivity index is 1.36. The number of aromatic nitrogens is 9. The van der Waals surface area contributed by atoms with Crippen LogP contribution in [0.5, 0.6) is 0 Å². The van der Waals surface area contributed by atoms with Crippen LogP contribution in [-0.4, -0.2) is 73.9 Å². The van der Waals surface area contributed by atoms with E-state index in [0.717, 1.165) is 11.1 Å². The topological polar surface area (TPSA) is 177 Å². The number of nitrogens with zero attached hydrogens (tertiary/aromatic N) is 8. The minimum absolute atomic E-state index is 0.0721. The van der Waals surface area contributed by atoms with Gasteiger partial charge in [0.1, 0.15) is 17.8 Å². The first kappa shape index (κ1) is 23.5. The number of aromatic amines is 2. The molecule has 5 aromatic rings. The molecule has 0 aromatic carbocycles. The summed E-state index contributed by atoms with van der Waals surface area (Å²) < 4.78 is 1.50. The molecule has 0 bridgehead atoms. The number of fused-ring (bicyclic) bond motifs is 1. The molecular formula is C25H25N11O2. The van der Waals surface area contributed by atoms with Crippen molar-refractivity contribution in [1.29, 1.82) is 0 Å². The van der Waals surface area contributed by atoms with E-state index in [2.05, 4.69) is 35.2 Å². The number of likely N-dealkylation sites (tertiary alicyclic amines) is 1. The molecule has 1 fully saturated rings. The second kappa shape index (κ2) is 9.18. The molecule has 1 aliphatic heterocycles. The normalized spacial score (nSPS) is 17.7. The van der Waals surface area contributed by atoms with Gasteiger partial charge in [0.25, 0.3) is 5.91 Å². The van der Waals surface area contributed by atoms with E-state index in [1.165, 1.54) is 17.8 Å². The smallest absolute Gasteiger partial charge is 0.291 e. The highest BCUT2D eigenvalue weighted by molar-refractivity contribution is 6.00. The van der Waals surface area contributed by atoms with Crippen molar-refractivity contribution >= 4 is 23.2 Å². The summed E-state index contributed by atoms with van der Waals surface area (Å²) in [5.41, 5.74) is 10.3. The van der Waals surface area contributed by atoms with Crippen LogP contribution in [0.3, 0.4) is 0 Å². The molecule has 4 N–H and O–H groups in total. The third kappa shape index (κ3) is 3.88. The van der Waals surface area contributed by atoms with Gasteiger partial charge in [0.2, 0.25) is 5.82 Å². The number of pyridine rings is 1. The molecule has 0 radical (unpaired) electrons. The number of nitrogens with two attached hydrogens (primary N) is 1. The summed E-state index contributed by atoms with van der Waals surface area (Å²) >= 11 is 0. The predicted molar refractivity (Wildman–Crippen MR) is 137 cm³/mol. The number of nitrogens with one attached hydrogen (secondary N) is 2. The van der Waals surface area contributed by atoms with E-state index < -0.39 is 0 Å². The van der Waals surface area contributed by atoms with Crippen LogP contribution in [0.2, 0.25) is 0 Å². The molecule has 0 unspecified atom stereocenters. The molecule has 0 aliphatic carbocycles. The quantitative estimate of drug-likeness (QED) is 0.299. The monoisotopic (exact) mass is 511 g/mol. The van der Waals surface area contributed by atoms with E-state index >= 15 is 0 Å². The minimum atomic E-state index is -0.202. The Morgan fingerprint density at radius 3 is 2.68 bits per heavy atom. The van der Waals surface area contributed by atoms with Gasteiger partial charge < -0.3 is 15.6 Å². The van der Waals surface area contributed by atoms with Crippen molar-refractivity contribution in [2.75, 3.05) is 12.3 Å². The Labute approximate surface area is 216 Å². The first-order chi connectivity index (χ1) is 18.4. The van der Waals surface area contributed by atoms with E-state index in [9.17, 15) is 9.59 Å². The Kier molecular flexibility index (Phi) is 5.66. The van der Waals surface area contributed by atoms with Crippen molar-refractivity contribution in [1.82, 2.24) is 49.6 Å². The largest absolute Gasteiger partial charge is 0.383 e. The lowest BCUT2D eigenvalue weighted by Gasteiger charge is -2.37. The van der Waals surface area contributed by atoms with Crippen LogP contribution in [0.15, 0.2) is 43.2 Å². The number of nitrogen functional groups attached to an aromatic ring is 1. The number of amides is 1. The van der Waals surface area contributed by atoms with Crippen molar-refractivity contribution in [3.05, 3.63) is 60.3 Å². The molecule has 6 heterocycles. The predicted octanol–water partition coefficient (Wildman–Crippen LogP) is 2.49. The van der Waals surface area contributed by atoms with E-state index in [0.29, 0.717) is 47.8 Å². The molecule has 13 heteroatoms. The standard InChI is InChI=1S/C25H25N11O2/c1-13-9-15(5-8-35(13)25(38)23-30-12-31-34-23)20-19(14(2)37)21(26)36-24(33-20)17(11-32-36)16-3-4-18(29-10-16)22-27-6-7-28-22/h3-4,6-7,10-13,15H,5,8-9,26H2,1-2H3,(H,27,28)(H,30,31,34)/t13-,15+/m0/s1. The summed E-state index contributed by atoms with van der Waals surface area (Å²) in [6.07, 6.45) is 9.38. The molecule has 13 nitrogen and oxygen atoms in total. The van der Waals surface area contributed by atoms with Crippen molar-refractivity contribution in [3.63, 3.8) is 0 Å². The summed E-state index contributed by atoms with van der Waals surface area (Å²) in [5.74, 6) is 0.676. The number of H-pyrrole nitrogens is 2. The number of carbonyl (C=O) groups is 2. The zero-order chi connectivity index (χ0) is 26.4. The zero-order valence-electron chi connectivity index (χ0n) is 20.8. The molecule has 0 saturated carbocycles. The first-order valence-electron chi connectivity index (χ1n) is 12.2. The van der Waals surface area contributed by atoms with Crippen LogP contribution in [-0.2, 0) is 0 Å². The molecule has 0 spiro atoms. The maximum atomic E-state index is 12.9. The number of carbonyl (C=O) groups excluding carboxylic acids is 2. The van der Waals surface area contributed by atoms with Crippen molar-refractivity contribution in [2.45, 2.75) is 38.6 Å². The van der Waals surface area contributed by atoms with Gasteiger partial charge in [0.15, 0.2) is 17.3 Å². The summed E-state index contributed by atoms with van der Waals surface area (Å²) in [6, 6.07) is 3.69. The minimum Gasteiger partial charge on any atom is -0.383 e. The maximum Gasteiger partial charge on any atom is 0.291 e. The second-order valence-corrected chi connectivity index (χ2v) is 9.38. The molecule has 192 valence electrons. The lowest BCUT2D eigenvalue weighted by molar-refractivity contribution is 0.0601. The molecule has 1 aliphatic rings. The number of rotatable bonds is 5. The maximum absolute atomic E-state index is 12.9. The molecule has 5 aromatic heterocycles. The van der Waals surface area contributed by atoms with E-state index in [-0.39, 0.29) is 35.3 Å². The van der Waals surface area contributed by atoms with Gasteiger partial charge >= 0.3 is 0 Å². The molecule has 38 heavy (non-hydrogen) atoms. The SMILES string of the molecule is CC(=O)c1c([C@@H]2CCN(C(=O)c3ncn[nH]3)[C@@H](C)C2)nc2c(-c3ccc(-c4ncc[nH]4)nc3)cnn2c1N. The number of hydrogen-bond acceptors (Lipinski definition) is 9. The highest BCUT2D eigenvalue weighted by Gasteiger charge is 2.34. The van der Waals surface area contributed by atoms with Crippen LogP contribution in [0.4, 0.5) is 5.82 Å². The van der Waals surface area contributed by atoms with Crippen LogP contribution in [0, 0.1) is 0 Å². The Morgan fingerprint density at radius 2 is 2.03 bits per heavy atom. The van der Waals surface area contributed by atoms with Gasteiger partial charge in [-0.25, -0.2) is 15.0 Å². The lowest BCUT2D eigenvalue weighted by atomic mass is 9.86. The fraction of sp³-hybridized carbons (Fsp3) is 0.280. The van der Waals surface area contributed by atoms with E-state index in [1.54, 1.807) is 29.7 Å². The fourth-order valence-corrected chi connectivity index (χ4v) is 5.16. The van der Waals surface area contributed by atoms with Crippen LogP contribution in [0.1, 0.15) is 59.3 Å². The van der Waals surface area contributed by atoms with Gasteiger partial charge in [0.05, 0.1) is 17.5 Å². The third-order valence-electron chi connectivity index (χ3n) is 7.02. The molecule has 6 rings (SSSR count). The van der Waals surface area contributed by atoms with Gasteiger partial charge in [0, 0.05) is 48.2 Å². The molecule has 1 amide bonds. The fourth-order valence-electron chi connectivity index (χ4n) is 5.16. The number of Topliss-reactive ketones (excluding diaryl/α,β-unsaturated/α-hetero) is 1. The van der Waals surface area contributed by atoms with E-state index in [1.807, 2.05) is 19.1 Å². The Morgan fingerprint density at radius 1 is 1.16 bits per heavy atom. The second-order valence-electron chi connectivity index (χ2n) is 9.38.